The van der Waals surface area contributed by atoms with Gasteiger partial charge in [0.1, 0.15) is 10.4 Å². The molecule has 10 nitrogen and oxygen atoms in total. The smallest absolute Gasteiger partial charge is 0.265 e. The van der Waals surface area contributed by atoms with E-state index in [-0.39, 0.29) is 18.9 Å². The quantitative estimate of drug-likeness (QED) is 0.178. The van der Waals surface area contributed by atoms with Gasteiger partial charge in [-0.05, 0) is 55.7 Å². The van der Waals surface area contributed by atoms with Gasteiger partial charge < -0.3 is 23.6 Å². The molecule has 252 valence electrons. The molecule has 0 saturated carbocycles. The van der Waals surface area contributed by atoms with Crippen LogP contribution in [0.15, 0.2) is 58.5 Å². The fourth-order valence-electron chi connectivity index (χ4n) is 5.67. The van der Waals surface area contributed by atoms with E-state index in [4.69, 9.17) is 4.74 Å². The van der Waals surface area contributed by atoms with Crippen molar-refractivity contribution in [1.29, 1.82) is 0 Å². The fourth-order valence-corrected chi connectivity index (χ4v) is 9.08. The Balaban J connectivity index is 0.000000617. The molecule has 0 spiro atoms. The van der Waals surface area contributed by atoms with Gasteiger partial charge in [0, 0.05) is 29.4 Å². The molecular weight excluding hydrogens is 667 g/mol. The van der Waals surface area contributed by atoms with Gasteiger partial charge in [-0.2, -0.15) is 4.57 Å². The highest BCUT2D eigenvalue weighted by Gasteiger charge is 2.38. The second kappa shape index (κ2) is 16.1. The summed E-state index contributed by atoms with van der Waals surface area (Å²) in [5.74, 6) is -0.248. The van der Waals surface area contributed by atoms with Crippen LogP contribution in [0.25, 0.3) is 16.3 Å². The third kappa shape index (κ3) is 9.55. The van der Waals surface area contributed by atoms with Crippen LogP contribution in [0, 0.1) is 0 Å². The van der Waals surface area contributed by atoms with Gasteiger partial charge in [0.15, 0.2) is 6.54 Å². The van der Waals surface area contributed by atoms with E-state index in [0.29, 0.717) is 18.8 Å². The Morgan fingerprint density at radius 1 is 1.00 bits per heavy atom. The van der Waals surface area contributed by atoms with E-state index in [9.17, 15) is 25.9 Å². The molecule has 1 fully saturated rings. The van der Waals surface area contributed by atoms with Gasteiger partial charge in [-0.15, -0.1) is 0 Å². The maximum absolute atomic E-state index is 11.3. The van der Waals surface area contributed by atoms with Gasteiger partial charge in [-0.25, -0.2) is 16.8 Å². The molecule has 0 N–H and O–H groups in total. The summed E-state index contributed by atoms with van der Waals surface area (Å²) in [5, 5.41) is 1.77. The average Bonchev–Trinajstić information content (AvgIpc) is 3.54. The summed E-state index contributed by atoms with van der Waals surface area (Å²) in [7, 11) is -7.11. The Kier molecular flexibility index (Phi) is 12.7. The Hall–Kier alpha value is -2.46. The predicted molar refractivity (Wildman–Crippen MR) is 184 cm³/mol. The molecule has 1 saturated heterocycles. The highest BCUT2D eigenvalue weighted by Crippen LogP contribution is 2.53. The molecule has 1 unspecified atom stereocenters. The lowest BCUT2D eigenvalue weighted by Gasteiger charge is -2.30. The molecule has 1 atom stereocenters. The number of aromatic nitrogens is 1. The number of rotatable bonds is 13. The fraction of sp³-hybridized carbons (Fsp3) is 0.469. The van der Waals surface area contributed by atoms with Crippen LogP contribution >= 0.6 is 23.1 Å². The Morgan fingerprint density at radius 3 is 2.30 bits per heavy atom. The summed E-state index contributed by atoms with van der Waals surface area (Å²) in [4.78, 5) is 5.67. The van der Waals surface area contributed by atoms with Crippen LogP contribution in [0.1, 0.15) is 55.8 Å². The molecule has 2 aromatic carbocycles. The van der Waals surface area contributed by atoms with E-state index in [1.807, 2.05) is 41.0 Å². The van der Waals surface area contributed by atoms with Crippen LogP contribution < -0.4 is 9.30 Å². The van der Waals surface area contributed by atoms with Crippen LogP contribution in [0.3, 0.4) is 0 Å². The molecule has 2 aliphatic rings. The first-order chi connectivity index (χ1) is 21.9. The third-order valence-corrected chi connectivity index (χ3v) is 11.9. The third-order valence-electron chi connectivity index (χ3n) is 8.05. The summed E-state index contributed by atoms with van der Waals surface area (Å²) in [6.07, 6.45) is 5.38. The largest absolute Gasteiger partial charge is 0.748 e. The number of thioether (sulfide) groups is 1. The van der Waals surface area contributed by atoms with Gasteiger partial charge >= 0.3 is 0 Å². The number of benzene rings is 2. The molecular formula is C32H42N3O7S4-. The monoisotopic (exact) mass is 708 g/mol. The van der Waals surface area contributed by atoms with Gasteiger partial charge in [0.05, 0.1) is 50.6 Å². The van der Waals surface area contributed by atoms with Crippen molar-refractivity contribution in [3.8, 4) is 5.75 Å². The number of ether oxygens (including phenoxy) is 1. The number of thiazole rings is 1. The maximum Gasteiger partial charge on any atom is 0.265 e. The van der Waals surface area contributed by atoms with Crippen molar-refractivity contribution in [2.45, 2.75) is 52.6 Å². The molecule has 1 aliphatic carbocycles. The first kappa shape index (κ1) is 36.4. The van der Waals surface area contributed by atoms with E-state index >= 15 is 0 Å². The molecule has 2 heterocycles. The van der Waals surface area contributed by atoms with Crippen LogP contribution in [-0.4, -0.2) is 80.5 Å². The molecule has 1 aliphatic heterocycles. The lowest BCUT2D eigenvalue weighted by Crippen LogP contribution is -2.36. The lowest BCUT2D eigenvalue weighted by molar-refractivity contribution is -0.668. The van der Waals surface area contributed by atoms with Crippen LogP contribution in [0.2, 0.25) is 0 Å². The molecule has 5 rings (SSSR count). The molecule has 0 radical (unpaired) electrons. The first-order valence-electron chi connectivity index (χ1n) is 15.4. The van der Waals surface area contributed by atoms with Crippen LogP contribution in [0.4, 0.5) is 0 Å². The summed E-state index contributed by atoms with van der Waals surface area (Å²) < 4.78 is 76.2. The molecule has 3 aromatic rings. The summed E-state index contributed by atoms with van der Waals surface area (Å²) in [6.45, 7) is 10.8. The van der Waals surface area contributed by atoms with E-state index in [0.717, 1.165) is 37.1 Å². The number of nitrogens with zero attached hydrogens (tertiary/aromatic N) is 3. The molecule has 14 heteroatoms. The van der Waals surface area contributed by atoms with Crippen LogP contribution in [0.5, 0.6) is 5.75 Å². The Labute approximate surface area is 281 Å². The maximum atomic E-state index is 11.3. The van der Waals surface area contributed by atoms with Crippen molar-refractivity contribution >= 4 is 59.6 Å². The van der Waals surface area contributed by atoms with E-state index in [1.165, 1.54) is 36.5 Å². The van der Waals surface area contributed by atoms with Crippen molar-refractivity contribution in [3.05, 3.63) is 74.6 Å². The van der Waals surface area contributed by atoms with E-state index in [1.54, 1.807) is 18.9 Å². The van der Waals surface area contributed by atoms with E-state index in [2.05, 4.69) is 48.8 Å². The second-order valence-electron chi connectivity index (χ2n) is 11.0. The highest BCUT2D eigenvalue weighted by molar-refractivity contribution is 8.07. The summed E-state index contributed by atoms with van der Waals surface area (Å²) in [6, 6.07) is 13.8. The van der Waals surface area contributed by atoms with Gasteiger partial charge in [0.25, 0.3) is 5.01 Å². The van der Waals surface area contributed by atoms with Gasteiger partial charge in [-0.1, -0.05) is 74.2 Å². The molecule has 0 amide bonds. The Bertz CT molecular complexity index is 1780. The second-order valence-corrected chi connectivity index (χ2v) is 16.2. The number of hydrogen-bond acceptors (Lipinski definition) is 11. The Morgan fingerprint density at radius 2 is 1.67 bits per heavy atom. The standard InChI is InChI=1S/C26H28N2O7S4.C6H15N/c1-35-19-9-11-22-21(16-19)27(12-4-14-38(29,30)31)24(36-22)17-25-28(13-5-15-39(32,33)34)26-20-7-3-2-6-18(20)8-10-23(26)37-25;1-4-7(5-2)6-3/h2-3,6-7,9-11,16-17,26H,4-5,8,12-15H2,1H3,(H-,29,30,31,32,33,34);4-6H2,1-3H3/p-1. The lowest BCUT2D eigenvalue weighted by atomic mass is 9.92. The number of aryl methyl sites for hydroxylation is 1. The summed E-state index contributed by atoms with van der Waals surface area (Å²) >= 11 is 3.15. The average molecular weight is 709 g/mol. The number of methoxy groups -OCH3 is 1. The van der Waals surface area contributed by atoms with Crippen molar-refractivity contribution < 1.29 is 35.2 Å². The zero-order valence-corrected chi connectivity index (χ0v) is 29.9. The first-order valence-corrected chi connectivity index (χ1v) is 20.2. The minimum Gasteiger partial charge on any atom is -0.748 e. The van der Waals surface area contributed by atoms with Crippen molar-refractivity contribution in [2.75, 3.05) is 44.8 Å². The van der Waals surface area contributed by atoms with Crippen LogP contribution in [-0.2, 0) is 33.2 Å². The minimum atomic E-state index is -4.35. The zero-order chi connectivity index (χ0) is 33.5. The normalized spacial score (nSPS) is 17.1. The number of hydrogen-bond donors (Lipinski definition) is 0. The summed E-state index contributed by atoms with van der Waals surface area (Å²) in [5.41, 5.74) is 3.23. The molecule has 46 heavy (non-hydrogen) atoms. The van der Waals surface area contributed by atoms with Crippen molar-refractivity contribution in [3.63, 3.8) is 0 Å². The van der Waals surface area contributed by atoms with Gasteiger partial charge in [0.2, 0.25) is 5.52 Å². The van der Waals surface area contributed by atoms with Crippen molar-refractivity contribution in [1.82, 2.24) is 9.80 Å². The number of fused-ring (bicyclic) bond motifs is 4. The van der Waals surface area contributed by atoms with Gasteiger partial charge in [-0.3, -0.25) is 0 Å². The molecule has 0 bridgehead atoms. The predicted octanol–water partition coefficient (Wildman–Crippen LogP) is 4.94. The SMILES string of the molecule is CCN(CC)CC.COc1ccc2sc(/C=C3\SC4=CCc5ccccc5C4N3CCCS(=O)(=O)[O-])[n+](CCCS(=O)(=O)[O-])c2c1. The van der Waals surface area contributed by atoms with E-state index < -0.39 is 31.7 Å². The van der Waals surface area contributed by atoms with Crippen molar-refractivity contribution in [2.24, 2.45) is 0 Å². The zero-order valence-electron chi connectivity index (χ0n) is 26.7. The highest BCUT2D eigenvalue weighted by atomic mass is 32.2. The topological polar surface area (TPSA) is 134 Å². The minimum absolute atomic E-state index is 0.0749. The molecule has 1 aromatic heterocycles. The number of allylic oxidation sites excluding steroid dienone is 1.